The minimum absolute atomic E-state index is 0.151. The first-order valence-electron chi connectivity index (χ1n) is 4.41. The van der Waals surface area contributed by atoms with Crippen LogP contribution in [0.3, 0.4) is 0 Å². The zero-order chi connectivity index (χ0) is 14.1. The maximum absolute atomic E-state index is 11.0. The molecule has 8 nitrogen and oxygen atoms in total. The van der Waals surface area contributed by atoms with Crippen molar-refractivity contribution in [3.05, 3.63) is 17.7 Å². The molecule has 0 bridgehead atoms. The largest absolute Gasteiger partial charge is 0.495 e. The van der Waals surface area contributed by atoms with Crippen LogP contribution in [0.1, 0.15) is 5.56 Å². The first kappa shape index (κ1) is 14.9. The van der Waals surface area contributed by atoms with Crippen molar-refractivity contribution in [3.63, 3.8) is 0 Å². The Kier molecular flexibility index (Phi) is 3.98. The van der Waals surface area contributed by atoms with Gasteiger partial charge in [-0.25, -0.2) is 0 Å². The van der Waals surface area contributed by atoms with Gasteiger partial charge in [0.1, 0.15) is 15.5 Å². The smallest absolute Gasteiger partial charge is 0.298 e. The van der Waals surface area contributed by atoms with Crippen LogP contribution in [0.15, 0.2) is 21.9 Å². The molecule has 10 heteroatoms. The van der Waals surface area contributed by atoms with Crippen LogP contribution in [0.5, 0.6) is 5.75 Å². The highest BCUT2D eigenvalue weighted by atomic mass is 32.2. The first-order valence-corrected chi connectivity index (χ1v) is 7.29. The summed E-state index contributed by atoms with van der Waals surface area (Å²) < 4.78 is 66.7. The van der Waals surface area contributed by atoms with Gasteiger partial charge >= 0.3 is 0 Å². The van der Waals surface area contributed by atoms with Gasteiger partial charge in [-0.15, -0.1) is 0 Å². The third-order valence-electron chi connectivity index (χ3n) is 2.09. The van der Waals surface area contributed by atoms with Gasteiger partial charge in [-0.3, -0.25) is 14.8 Å². The van der Waals surface area contributed by atoms with E-state index in [9.17, 15) is 16.8 Å². The fraction of sp³-hybridized carbons (Fsp3) is 0.250. The van der Waals surface area contributed by atoms with E-state index in [-0.39, 0.29) is 11.3 Å². The Balaban J connectivity index is 3.76. The summed E-state index contributed by atoms with van der Waals surface area (Å²) in [5.74, 6) is -0.313. The van der Waals surface area contributed by atoms with Crippen LogP contribution in [0.25, 0.3) is 0 Å². The van der Waals surface area contributed by atoms with Crippen LogP contribution in [-0.4, -0.2) is 33.1 Å². The average Bonchev–Trinajstić information content (AvgIpc) is 2.24. The summed E-state index contributed by atoms with van der Waals surface area (Å²) in [5, 5.41) is 0. The fourth-order valence-electron chi connectivity index (χ4n) is 1.32. The van der Waals surface area contributed by atoms with Gasteiger partial charge in [0.2, 0.25) is 0 Å². The Hall–Kier alpha value is -1.20. The van der Waals surface area contributed by atoms with E-state index in [4.69, 9.17) is 14.8 Å². The molecule has 1 rings (SSSR count). The maximum atomic E-state index is 11.0. The van der Waals surface area contributed by atoms with Crippen LogP contribution >= 0.6 is 0 Å². The van der Waals surface area contributed by atoms with E-state index in [0.717, 1.165) is 13.2 Å². The number of methoxy groups -OCH3 is 1. The Labute approximate surface area is 104 Å². The molecule has 0 aliphatic carbocycles. The average molecular weight is 296 g/mol. The van der Waals surface area contributed by atoms with Gasteiger partial charge in [0, 0.05) is 6.54 Å². The predicted molar refractivity (Wildman–Crippen MR) is 59.4 cm³/mol. The molecular weight excluding hydrogens is 286 g/mol. The van der Waals surface area contributed by atoms with Gasteiger partial charge < -0.3 is 4.74 Å². The molecule has 0 fully saturated rings. The van der Waals surface area contributed by atoms with E-state index in [1.807, 2.05) is 0 Å². The SMILES string of the molecule is COc1cc(C[NH])c(S(=O)(=O)O)cc1S(=O)(=O)O. The van der Waals surface area contributed by atoms with Gasteiger partial charge in [-0.2, -0.15) is 16.8 Å². The van der Waals surface area contributed by atoms with E-state index in [1.54, 1.807) is 0 Å². The molecule has 0 aliphatic rings. The summed E-state index contributed by atoms with van der Waals surface area (Å²) in [5.41, 5.74) is 6.97. The van der Waals surface area contributed by atoms with Crippen LogP contribution in [-0.2, 0) is 26.8 Å². The van der Waals surface area contributed by atoms with Crippen molar-refractivity contribution in [1.82, 2.24) is 5.73 Å². The molecule has 0 unspecified atom stereocenters. The molecule has 0 saturated heterocycles. The van der Waals surface area contributed by atoms with Crippen LogP contribution in [0.4, 0.5) is 0 Å². The summed E-state index contributed by atoms with van der Waals surface area (Å²) in [6.07, 6.45) is 0. The highest BCUT2D eigenvalue weighted by molar-refractivity contribution is 7.86. The van der Waals surface area contributed by atoms with Crippen LogP contribution < -0.4 is 10.5 Å². The molecule has 18 heavy (non-hydrogen) atoms. The molecule has 0 aliphatic heterocycles. The van der Waals surface area contributed by atoms with Crippen molar-refractivity contribution in [2.24, 2.45) is 0 Å². The zero-order valence-corrected chi connectivity index (χ0v) is 10.7. The number of hydrogen-bond acceptors (Lipinski definition) is 5. The summed E-state index contributed by atoms with van der Waals surface area (Å²) in [6, 6.07) is 1.51. The third kappa shape index (κ3) is 2.97. The quantitative estimate of drug-likeness (QED) is 0.743. The molecule has 0 heterocycles. The minimum atomic E-state index is -4.72. The van der Waals surface area contributed by atoms with E-state index in [2.05, 4.69) is 4.74 Å². The Bertz CT molecular complexity index is 608. The molecule has 1 aromatic rings. The predicted octanol–water partition coefficient (Wildman–Crippen LogP) is -0.0285. The molecule has 101 valence electrons. The van der Waals surface area contributed by atoms with Crippen molar-refractivity contribution in [3.8, 4) is 5.75 Å². The van der Waals surface area contributed by atoms with E-state index < -0.39 is 36.6 Å². The molecule has 0 aromatic heterocycles. The summed E-state index contributed by atoms with van der Waals surface area (Å²) in [7, 11) is -8.30. The third-order valence-corrected chi connectivity index (χ3v) is 3.90. The molecule has 1 aromatic carbocycles. The van der Waals surface area contributed by atoms with Gasteiger partial charge in [-0.05, 0) is 17.7 Å². The molecule has 0 amide bonds. The maximum Gasteiger partial charge on any atom is 0.298 e. The lowest BCUT2D eigenvalue weighted by Gasteiger charge is -2.11. The second-order valence-corrected chi connectivity index (χ2v) is 6.02. The highest BCUT2D eigenvalue weighted by Crippen LogP contribution is 2.30. The van der Waals surface area contributed by atoms with Gasteiger partial charge in [-0.1, -0.05) is 0 Å². The minimum Gasteiger partial charge on any atom is -0.495 e. The number of nitrogens with one attached hydrogen (secondary N) is 1. The van der Waals surface area contributed by atoms with E-state index in [0.29, 0.717) is 6.07 Å². The fourth-order valence-corrected chi connectivity index (χ4v) is 2.79. The van der Waals surface area contributed by atoms with E-state index in [1.165, 1.54) is 0 Å². The lowest BCUT2D eigenvalue weighted by Crippen LogP contribution is -2.09. The molecule has 0 atom stereocenters. The highest BCUT2D eigenvalue weighted by Gasteiger charge is 2.24. The normalized spacial score (nSPS) is 12.4. The standard InChI is InChI=1S/C8H10NO7S2/c1-16-6-2-5(4-9)7(17(10,11)12)3-8(6)18(13,14)15/h2-3,9H,4H2,1H3,(H,10,11,12)(H,13,14,15). The van der Waals surface area contributed by atoms with Gasteiger partial charge in [0.05, 0.1) is 7.11 Å². The number of benzene rings is 1. The summed E-state index contributed by atoms with van der Waals surface area (Å²) in [6.45, 7) is -0.517. The van der Waals surface area contributed by atoms with Crippen molar-refractivity contribution in [1.29, 1.82) is 0 Å². The molecule has 1 radical (unpaired) electrons. The Morgan fingerprint density at radius 1 is 1.11 bits per heavy atom. The van der Waals surface area contributed by atoms with Crippen molar-refractivity contribution in [2.45, 2.75) is 16.3 Å². The topological polar surface area (TPSA) is 142 Å². The second-order valence-electron chi connectivity index (χ2n) is 3.24. The zero-order valence-electron chi connectivity index (χ0n) is 9.11. The molecular formula is C8H10NO7S2. The molecule has 3 N–H and O–H groups in total. The van der Waals surface area contributed by atoms with Crippen molar-refractivity contribution in [2.75, 3.05) is 7.11 Å². The summed E-state index contributed by atoms with van der Waals surface area (Å²) in [4.78, 5) is -1.55. The van der Waals surface area contributed by atoms with Gasteiger partial charge in [0.25, 0.3) is 20.2 Å². The monoisotopic (exact) mass is 296 g/mol. The lowest BCUT2D eigenvalue weighted by molar-refractivity contribution is 0.396. The lowest BCUT2D eigenvalue weighted by atomic mass is 10.2. The number of ether oxygens (including phenoxy) is 1. The number of hydrogen-bond donors (Lipinski definition) is 2. The molecule has 0 spiro atoms. The molecule has 0 saturated carbocycles. The van der Waals surface area contributed by atoms with Crippen molar-refractivity contribution >= 4 is 20.2 Å². The van der Waals surface area contributed by atoms with E-state index >= 15 is 0 Å². The Morgan fingerprint density at radius 2 is 1.61 bits per heavy atom. The van der Waals surface area contributed by atoms with Crippen molar-refractivity contribution < 1.29 is 30.7 Å². The van der Waals surface area contributed by atoms with Crippen LogP contribution in [0, 0.1) is 0 Å². The summed E-state index contributed by atoms with van der Waals surface area (Å²) >= 11 is 0. The Morgan fingerprint density at radius 3 is 1.94 bits per heavy atom. The van der Waals surface area contributed by atoms with Crippen LogP contribution in [0.2, 0.25) is 0 Å². The number of rotatable bonds is 4. The first-order chi connectivity index (χ1) is 8.11. The second kappa shape index (κ2) is 4.82. The van der Waals surface area contributed by atoms with Gasteiger partial charge in [0.15, 0.2) is 0 Å².